The van der Waals surface area contributed by atoms with Crippen molar-refractivity contribution in [3.63, 3.8) is 0 Å². The third-order valence-electron chi connectivity index (χ3n) is 4.33. The Kier molecular flexibility index (Phi) is 4.16. The van der Waals surface area contributed by atoms with Gasteiger partial charge < -0.3 is 5.32 Å². The van der Waals surface area contributed by atoms with Crippen LogP contribution in [0.25, 0.3) is 22.2 Å². The number of anilines is 1. The minimum Gasteiger partial charge on any atom is -0.318 e. The van der Waals surface area contributed by atoms with Crippen molar-refractivity contribution in [2.45, 2.75) is 6.92 Å². The van der Waals surface area contributed by atoms with Gasteiger partial charge in [-0.15, -0.1) is 0 Å². The number of aromatic amines is 1. The molecule has 2 N–H and O–H groups in total. The molecule has 0 unspecified atom stereocenters. The summed E-state index contributed by atoms with van der Waals surface area (Å²) in [5, 5.41) is 14.9. The molecule has 2 aromatic carbocycles. The van der Waals surface area contributed by atoms with E-state index in [9.17, 15) is 9.18 Å². The van der Waals surface area contributed by atoms with Crippen LogP contribution in [0, 0.1) is 12.7 Å². The molecule has 0 bridgehead atoms. The van der Waals surface area contributed by atoms with Gasteiger partial charge in [0.25, 0.3) is 5.91 Å². The van der Waals surface area contributed by atoms with Crippen molar-refractivity contribution in [2.75, 3.05) is 5.32 Å². The van der Waals surface area contributed by atoms with Gasteiger partial charge in [-0.25, -0.2) is 4.39 Å². The predicted molar refractivity (Wildman–Crippen MR) is 102 cm³/mol. The summed E-state index contributed by atoms with van der Waals surface area (Å²) in [7, 11) is 1.82. The van der Waals surface area contributed by atoms with Crippen LogP contribution >= 0.6 is 11.6 Å². The zero-order valence-electron chi connectivity index (χ0n) is 14.5. The van der Waals surface area contributed by atoms with Gasteiger partial charge >= 0.3 is 0 Å². The highest BCUT2D eigenvalue weighted by Gasteiger charge is 2.18. The van der Waals surface area contributed by atoms with Crippen LogP contribution in [0.15, 0.2) is 42.7 Å². The molecular formula is C19H15ClFN5O. The number of halogens is 2. The highest BCUT2D eigenvalue weighted by Crippen LogP contribution is 2.30. The number of H-pyrrole nitrogens is 1. The zero-order valence-corrected chi connectivity index (χ0v) is 15.3. The van der Waals surface area contributed by atoms with Crippen LogP contribution in [0.3, 0.4) is 0 Å². The molecule has 0 aliphatic heterocycles. The Morgan fingerprint density at radius 2 is 2.15 bits per heavy atom. The van der Waals surface area contributed by atoms with Gasteiger partial charge in [0.15, 0.2) is 0 Å². The molecule has 6 nitrogen and oxygen atoms in total. The summed E-state index contributed by atoms with van der Waals surface area (Å²) in [6, 6.07) is 7.82. The van der Waals surface area contributed by atoms with E-state index in [1.807, 2.05) is 26.2 Å². The fraction of sp³-hybridized carbons (Fsp3) is 0.105. The van der Waals surface area contributed by atoms with Gasteiger partial charge in [0, 0.05) is 29.8 Å². The van der Waals surface area contributed by atoms with Gasteiger partial charge in [-0.05, 0) is 36.8 Å². The number of hydrogen-bond donors (Lipinski definition) is 2. The SMILES string of the molecule is Cc1cc2[nH]nc(-c3cnn(C)c3)c2cc1C(=O)Nc1c(F)cccc1Cl. The smallest absolute Gasteiger partial charge is 0.256 e. The minimum atomic E-state index is -0.589. The minimum absolute atomic E-state index is 0.0386. The number of benzene rings is 2. The molecule has 0 spiro atoms. The first-order valence-electron chi connectivity index (χ1n) is 8.17. The molecule has 27 heavy (non-hydrogen) atoms. The first-order chi connectivity index (χ1) is 12.9. The number of carbonyl (C=O) groups is 1. The van der Waals surface area contributed by atoms with Crippen molar-refractivity contribution in [1.29, 1.82) is 0 Å². The zero-order chi connectivity index (χ0) is 19.1. The second-order valence-electron chi connectivity index (χ2n) is 6.24. The molecule has 0 radical (unpaired) electrons. The number of fused-ring (bicyclic) bond motifs is 1. The number of amides is 1. The molecule has 8 heteroatoms. The van der Waals surface area contributed by atoms with Crippen molar-refractivity contribution >= 4 is 34.1 Å². The molecule has 0 aliphatic rings. The van der Waals surface area contributed by atoms with Crippen molar-refractivity contribution in [2.24, 2.45) is 7.05 Å². The van der Waals surface area contributed by atoms with E-state index in [0.717, 1.165) is 22.0 Å². The van der Waals surface area contributed by atoms with Crippen LogP contribution in [-0.2, 0) is 7.05 Å². The second kappa shape index (κ2) is 6.51. The molecule has 0 aliphatic carbocycles. The van der Waals surface area contributed by atoms with E-state index in [0.29, 0.717) is 11.3 Å². The lowest BCUT2D eigenvalue weighted by Gasteiger charge is -2.10. The quantitative estimate of drug-likeness (QED) is 0.553. The Morgan fingerprint density at radius 3 is 2.85 bits per heavy atom. The summed E-state index contributed by atoms with van der Waals surface area (Å²) in [4.78, 5) is 12.8. The maximum Gasteiger partial charge on any atom is 0.256 e. The Balaban J connectivity index is 1.77. The summed E-state index contributed by atoms with van der Waals surface area (Å²) in [5.41, 5.74) is 3.42. The van der Waals surface area contributed by atoms with Gasteiger partial charge in [0.05, 0.1) is 22.4 Å². The van der Waals surface area contributed by atoms with E-state index >= 15 is 0 Å². The average Bonchev–Trinajstić information content (AvgIpc) is 3.23. The third-order valence-corrected chi connectivity index (χ3v) is 4.65. The highest BCUT2D eigenvalue weighted by atomic mass is 35.5. The number of hydrogen-bond acceptors (Lipinski definition) is 3. The molecule has 4 rings (SSSR count). The number of para-hydroxylation sites is 1. The number of aromatic nitrogens is 4. The Bertz CT molecular complexity index is 1160. The van der Waals surface area contributed by atoms with Crippen LogP contribution in [0.4, 0.5) is 10.1 Å². The molecular weight excluding hydrogens is 369 g/mol. The molecule has 0 saturated carbocycles. The first kappa shape index (κ1) is 17.2. The lowest BCUT2D eigenvalue weighted by atomic mass is 10.0. The first-order valence-corrected chi connectivity index (χ1v) is 8.55. The van der Waals surface area contributed by atoms with Crippen LogP contribution < -0.4 is 5.32 Å². The largest absolute Gasteiger partial charge is 0.318 e. The summed E-state index contributed by atoms with van der Waals surface area (Å²) in [6.45, 7) is 1.81. The molecule has 136 valence electrons. The van der Waals surface area contributed by atoms with E-state index in [1.54, 1.807) is 16.9 Å². The number of nitrogens with one attached hydrogen (secondary N) is 2. The second-order valence-corrected chi connectivity index (χ2v) is 6.65. The molecule has 0 fully saturated rings. The van der Waals surface area contributed by atoms with Crippen LogP contribution in [0.2, 0.25) is 5.02 Å². The monoisotopic (exact) mass is 383 g/mol. The van der Waals surface area contributed by atoms with E-state index < -0.39 is 11.7 Å². The van der Waals surface area contributed by atoms with Crippen LogP contribution in [0.5, 0.6) is 0 Å². The molecule has 0 saturated heterocycles. The van der Waals surface area contributed by atoms with Gasteiger partial charge in [-0.3, -0.25) is 14.6 Å². The summed E-state index contributed by atoms with van der Waals surface area (Å²) in [5.74, 6) is -1.03. The predicted octanol–water partition coefficient (Wildman–Crippen LogP) is 4.32. The number of carbonyl (C=O) groups excluding carboxylic acids is 1. The fourth-order valence-corrected chi connectivity index (χ4v) is 3.19. The summed E-state index contributed by atoms with van der Waals surface area (Å²) < 4.78 is 15.7. The highest BCUT2D eigenvalue weighted by molar-refractivity contribution is 6.34. The lowest BCUT2D eigenvalue weighted by Crippen LogP contribution is -2.14. The molecule has 1 amide bonds. The third kappa shape index (κ3) is 3.06. The normalized spacial score (nSPS) is 11.1. The molecule has 2 aromatic heterocycles. The average molecular weight is 384 g/mol. The summed E-state index contributed by atoms with van der Waals surface area (Å²) >= 11 is 6.01. The van der Waals surface area contributed by atoms with Crippen LogP contribution in [0.1, 0.15) is 15.9 Å². The van der Waals surface area contributed by atoms with Gasteiger partial charge in [-0.2, -0.15) is 10.2 Å². The van der Waals surface area contributed by atoms with Crippen molar-refractivity contribution in [1.82, 2.24) is 20.0 Å². The van der Waals surface area contributed by atoms with E-state index in [2.05, 4.69) is 20.6 Å². The maximum atomic E-state index is 14.0. The molecule has 2 heterocycles. The van der Waals surface area contributed by atoms with Crippen molar-refractivity contribution < 1.29 is 9.18 Å². The van der Waals surface area contributed by atoms with Gasteiger partial charge in [0.1, 0.15) is 11.5 Å². The number of aryl methyl sites for hydroxylation is 2. The van der Waals surface area contributed by atoms with Gasteiger partial charge in [-0.1, -0.05) is 17.7 Å². The standard InChI is InChI=1S/C19H15ClFN5O/c1-10-6-16-13(17(25-24-16)11-8-22-26(2)9-11)7-12(10)19(27)23-18-14(20)4-3-5-15(18)21/h3-9H,1-2H3,(H,23,27)(H,24,25). The Morgan fingerprint density at radius 1 is 1.33 bits per heavy atom. The fourth-order valence-electron chi connectivity index (χ4n) is 2.98. The van der Waals surface area contributed by atoms with Gasteiger partial charge in [0.2, 0.25) is 0 Å². The Labute approximate surface area is 159 Å². The van der Waals surface area contributed by atoms with E-state index in [4.69, 9.17) is 11.6 Å². The topological polar surface area (TPSA) is 75.6 Å². The maximum absolute atomic E-state index is 14.0. The number of nitrogens with zero attached hydrogens (tertiary/aromatic N) is 3. The van der Waals surface area contributed by atoms with Crippen LogP contribution in [-0.4, -0.2) is 25.9 Å². The van der Waals surface area contributed by atoms with Crippen molar-refractivity contribution in [3.05, 3.63) is 64.7 Å². The van der Waals surface area contributed by atoms with E-state index in [1.165, 1.54) is 18.2 Å². The molecule has 0 atom stereocenters. The number of rotatable bonds is 3. The molecule has 4 aromatic rings. The Hall–Kier alpha value is -3.19. The summed E-state index contributed by atoms with van der Waals surface area (Å²) in [6.07, 6.45) is 3.54. The van der Waals surface area contributed by atoms with Crippen molar-refractivity contribution in [3.8, 4) is 11.3 Å². The lowest BCUT2D eigenvalue weighted by molar-refractivity contribution is 0.102. The van der Waals surface area contributed by atoms with E-state index in [-0.39, 0.29) is 10.7 Å².